The number of alkyl halides is 3. The van der Waals surface area contributed by atoms with E-state index in [1.165, 1.54) is 12.1 Å². The molecule has 31 heavy (non-hydrogen) atoms. The molecule has 153 valence electrons. The second-order valence-corrected chi connectivity index (χ2v) is 7.46. The third-order valence-corrected chi connectivity index (χ3v) is 5.53. The van der Waals surface area contributed by atoms with Gasteiger partial charge in [-0.2, -0.15) is 13.2 Å². The summed E-state index contributed by atoms with van der Waals surface area (Å²) in [6.45, 7) is 0. The second kappa shape index (κ2) is 7.29. The second-order valence-electron chi connectivity index (χ2n) is 7.46. The standard InChI is InChI=1S/C26H17F3NO/c27-26(28,29)19-14-12-18(13-15-19)24(30)17-10-8-16(9-11-17)20-5-3-6-22-21-4-1-2-7-23(21)31-25(20)22/h1-15,24,30H. The molecule has 0 aliphatic rings. The molecule has 0 aliphatic carbocycles. The van der Waals surface area contributed by atoms with Crippen LogP contribution in [0.15, 0.2) is 95.4 Å². The van der Waals surface area contributed by atoms with E-state index in [4.69, 9.17) is 10.2 Å². The summed E-state index contributed by atoms with van der Waals surface area (Å²) in [6, 6.07) is 25.4. The number of hydrogen-bond donors (Lipinski definition) is 0. The summed E-state index contributed by atoms with van der Waals surface area (Å²) in [7, 11) is 0. The van der Waals surface area contributed by atoms with Crippen molar-refractivity contribution in [1.29, 1.82) is 0 Å². The van der Waals surface area contributed by atoms with Gasteiger partial charge in [0.05, 0.1) is 11.6 Å². The molecule has 0 saturated carbocycles. The lowest BCUT2D eigenvalue weighted by Gasteiger charge is -2.14. The number of para-hydroxylation sites is 2. The highest BCUT2D eigenvalue weighted by atomic mass is 19.4. The van der Waals surface area contributed by atoms with Gasteiger partial charge in [-0.25, -0.2) is 5.73 Å². The lowest BCUT2D eigenvalue weighted by atomic mass is 9.95. The van der Waals surface area contributed by atoms with Crippen molar-refractivity contribution in [3.8, 4) is 11.1 Å². The van der Waals surface area contributed by atoms with Crippen LogP contribution < -0.4 is 5.73 Å². The van der Waals surface area contributed by atoms with Crippen LogP contribution in [0, 0.1) is 0 Å². The van der Waals surface area contributed by atoms with Gasteiger partial charge in [0, 0.05) is 16.3 Å². The zero-order chi connectivity index (χ0) is 21.6. The van der Waals surface area contributed by atoms with Crippen LogP contribution in [-0.2, 0) is 6.18 Å². The zero-order valence-electron chi connectivity index (χ0n) is 16.3. The molecule has 1 heterocycles. The molecule has 1 unspecified atom stereocenters. The van der Waals surface area contributed by atoms with Crippen molar-refractivity contribution < 1.29 is 17.6 Å². The predicted molar refractivity (Wildman–Crippen MR) is 116 cm³/mol. The molecule has 1 radical (unpaired) electrons. The minimum Gasteiger partial charge on any atom is -0.455 e. The van der Waals surface area contributed by atoms with E-state index >= 15 is 0 Å². The van der Waals surface area contributed by atoms with Crippen LogP contribution in [0.25, 0.3) is 33.1 Å². The Balaban J connectivity index is 1.48. The lowest BCUT2D eigenvalue weighted by Crippen LogP contribution is -2.06. The van der Waals surface area contributed by atoms with Crippen molar-refractivity contribution in [2.75, 3.05) is 0 Å². The first kappa shape index (κ1) is 19.4. The summed E-state index contributed by atoms with van der Waals surface area (Å²) in [5.41, 5.74) is 12.5. The van der Waals surface area contributed by atoms with Crippen molar-refractivity contribution >= 4 is 21.9 Å². The molecule has 1 atom stereocenters. The smallest absolute Gasteiger partial charge is 0.416 e. The van der Waals surface area contributed by atoms with Crippen LogP contribution in [0.2, 0.25) is 0 Å². The number of furan rings is 1. The fourth-order valence-electron chi connectivity index (χ4n) is 3.89. The number of halogens is 3. The van der Waals surface area contributed by atoms with Gasteiger partial charge in [-0.15, -0.1) is 0 Å². The summed E-state index contributed by atoms with van der Waals surface area (Å²) in [5, 5.41) is 2.10. The SMILES string of the molecule is [NH]C(c1ccc(-c2cccc3c2oc2ccccc23)cc1)c1ccc(C(F)(F)F)cc1. The third kappa shape index (κ3) is 3.47. The van der Waals surface area contributed by atoms with Crippen molar-refractivity contribution in [2.24, 2.45) is 0 Å². The molecule has 1 aromatic heterocycles. The molecule has 5 rings (SSSR count). The molecule has 0 saturated heterocycles. The Bertz CT molecular complexity index is 1370. The highest BCUT2D eigenvalue weighted by Crippen LogP contribution is 2.36. The zero-order valence-corrected chi connectivity index (χ0v) is 16.3. The number of fused-ring (bicyclic) bond motifs is 3. The van der Waals surface area contributed by atoms with E-state index in [-0.39, 0.29) is 0 Å². The summed E-state index contributed by atoms with van der Waals surface area (Å²) in [5.74, 6) is 0. The highest BCUT2D eigenvalue weighted by molar-refractivity contribution is 6.09. The van der Waals surface area contributed by atoms with Crippen molar-refractivity contribution in [1.82, 2.24) is 5.73 Å². The maximum Gasteiger partial charge on any atom is 0.416 e. The summed E-state index contributed by atoms with van der Waals surface area (Å²) in [6.07, 6.45) is -4.38. The first-order valence-corrected chi connectivity index (χ1v) is 9.81. The Labute approximate surface area is 176 Å². The average molecular weight is 416 g/mol. The molecule has 0 amide bonds. The monoisotopic (exact) mass is 416 g/mol. The number of rotatable bonds is 3. The highest BCUT2D eigenvalue weighted by Gasteiger charge is 2.30. The van der Waals surface area contributed by atoms with Gasteiger partial charge in [-0.3, -0.25) is 0 Å². The van der Waals surface area contributed by atoms with Gasteiger partial charge in [-0.1, -0.05) is 72.8 Å². The third-order valence-electron chi connectivity index (χ3n) is 5.53. The first-order chi connectivity index (χ1) is 14.9. The molecule has 5 heteroatoms. The van der Waals surface area contributed by atoms with Gasteiger partial charge in [0.2, 0.25) is 0 Å². The Hall–Kier alpha value is -3.57. The average Bonchev–Trinajstić information content (AvgIpc) is 3.17. The van der Waals surface area contributed by atoms with Crippen LogP contribution in [0.4, 0.5) is 13.2 Å². The van der Waals surface area contributed by atoms with Gasteiger partial charge in [0.15, 0.2) is 0 Å². The van der Waals surface area contributed by atoms with E-state index in [1.54, 1.807) is 0 Å². The van der Waals surface area contributed by atoms with E-state index in [0.717, 1.165) is 45.2 Å². The van der Waals surface area contributed by atoms with Crippen LogP contribution >= 0.6 is 0 Å². The van der Waals surface area contributed by atoms with E-state index in [2.05, 4.69) is 0 Å². The number of nitrogens with one attached hydrogen (secondary N) is 1. The van der Waals surface area contributed by atoms with E-state index in [1.807, 2.05) is 66.7 Å². The molecular weight excluding hydrogens is 399 g/mol. The van der Waals surface area contributed by atoms with Crippen LogP contribution in [0.1, 0.15) is 22.7 Å². The van der Waals surface area contributed by atoms with Crippen LogP contribution in [0.5, 0.6) is 0 Å². The molecule has 4 aromatic carbocycles. The van der Waals surface area contributed by atoms with E-state index in [9.17, 15) is 13.2 Å². The topological polar surface area (TPSA) is 36.9 Å². The maximum atomic E-state index is 12.8. The van der Waals surface area contributed by atoms with E-state index < -0.39 is 17.8 Å². The Kier molecular flexibility index (Phi) is 4.56. The summed E-state index contributed by atoms with van der Waals surface area (Å²) in [4.78, 5) is 0. The van der Waals surface area contributed by atoms with E-state index in [0.29, 0.717) is 11.1 Å². The van der Waals surface area contributed by atoms with Crippen LogP contribution in [0.3, 0.4) is 0 Å². The quantitative estimate of drug-likeness (QED) is 0.298. The Morgan fingerprint density at radius 1 is 0.677 bits per heavy atom. The lowest BCUT2D eigenvalue weighted by molar-refractivity contribution is -0.137. The van der Waals surface area contributed by atoms with Crippen LogP contribution in [-0.4, -0.2) is 0 Å². The normalized spacial score (nSPS) is 13.0. The van der Waals surface area contributed by atoms with Gasteiger partial charge in [0.25, 0.3) is 0 Å². The summed E-state index contributed by atoms with van der Waals surface area (Å²) >= 11 is 0. The summed E-state index contributed by atoms with van der Waals surface area (Å²) < 4.78 is 44.4. The van der Waals surface area contributed by atoms with Gasteiger partial charge in [0.1, 0.15) is 11.2 Å². The largest absolute Gasteiger partial charge is 0.455 e. The maximum absolute atomic E-state index is 12.8. The van der Waals surface area contributed by atoms with Gasteiger partial charge < -0.3 is 4.42 Å². The molecule has 0 fully saturated rings. The van der Waals surface area contributed by atoms with Gasteiger partial charge >= 0.3 is 6.18 Å². The molecule has 2 nitrogen and oxygen atoms in total. The molecule has 0 bridgehead atoms. The molecule has 0 aliphatic heterocycles. The Morgan fingerprint density at radius 3 is 1.97 bits per heavy atom. The van der Waals surface area contributed by atoms with Crippen molar-refractivity contribution in [2.45, 2.75) is 12.2 Å². The minimum atomic E-state index is -4.38. The van der Waals surface area contributed by atoms with Gasteiger partial charge in [-0.05, 0) is 34.9 Å². The predicted octanol–water partition coefficient (Wildman–Crippen LogP) is 7.64. The first-order valence-electron chi connectivity index (χ1n) is 9.81. The van der Waals surface area contributed by atoms with Crippen molar-refractivity contribution in [3.05, 3.63) is 108 Å². The van der Waals surface area contributed by atoms with Crippen molar-refractivity contribution in [3.63, 3.8) is 0 Å². The fraction of sp³-hybridized carbons (Fsp3) is 0.0769. The Morgan fingerprint density at radius 2 is 1.29 bits per heavy atom. The molecule has 1 N–H and O–H groups in total. The molecular formula is C26H17F3NO. The molecule has 0 spiro atoms. The fourth-order valence-corrected chi connectivity index (χ4v) is 3.89. The number of benzene rings is 4. The number of hydrogen-bond acceptors (Lipinski definition) is 1. The minimum absolute atomic E-state index is 0.514. The molecule has 5 aromatic rings.